The fourth-order valence-electron chi connectivity index (χ4n) is 1.65. The Labute approximate surface area is 82.8 Å². The molecule has 1 aliphatic rings. The Hall–Kier alpha value is 0.0300. The van der Waals surface area contributed by atoms with Gasteiger partial charge < -0.3 is 24.9 Å². The summed E-state index contributed by atoms with van der Waals surface area (Å²) in [5.41, 5.74) is 0. The molecule has 6 atom stereocenters. The third-order valence-corrected chi connectivity index (χ3v) is 3.05. The monoisotopic (exact) mass is 225 g/mol. The van der Waals surface area contributed by atoms with Crippen LogP contribution in [0.1, 0.15) is 13.8 Å². The van der Waals surface area contributed by atoms with E-state index in [1.54, 1.807) is 13.8 Å². The molecule has 0 bridgehead atoms. The second-order valence-corrected chi connectivity index (χ2v) is 4.32. The lowest BCUT2D eigenvalue weighted by atomic mass is 10.1. The largest absolute Gasteiger partial charge is 0.389 e. The number of nitrogens with one attached hydrogen (secondary N) is 1. The second kappa shape index (κ2) is 4.70. The summed E-state index contributed by atoms with van der Waals surface area (Å²) in [7, 11) is -3.01. The van der Waals surface area contributed by atoms with E-state index in [1.807, 2.05) is 0 Å². The minimum Gasteiger partial charge on any atom is -0.389 e. The first-order valence-corrected chi connectivity index (χ1v) is 5.71. The quantitative estimate of drug-likeness (QED) is 0.453. The van der Waals surface area contributed by atoms with E-state index >= 15 is 0 Å². The molecule has 6 nitrogen and oxygen atoms in total. The first-order valence-electron chi connectivity index (χ1n) is 4.45. The molecule has 0 spiro atoms. The Kier molecular flexibility index (Phi) is 4.06. The van der Waals surface area contributed by atoms with Crippen LogP contribution in [0.5, 0.6) is 0 Å². The summed E-state index contributed by atoms with van der Waals surface area (Å²) < 4.78 is 15.1. The number of rotatable bonds is 3. The van der Waals surface area contributed by atoms with Crippen LogP contribution in [-0.4, -0.2) is 45.5 Å². The standard InChI is InChI=1S/C7H16NO5P/c1-3-6(9)7(10)5(8-3)4(2)13-14(11)12/h3-10,14H,1-2H3,(H,11,12)/t3-,4?,5+,6-,7+/m0/s1. The molecule has 2 unspecified atom stereocenters. The van der Waals surface area contributed by atoms with Gasteiger partial charge in [-0.25, -0.2) is 0 Å². The van der Waals surface area contributed by atoms with Gasteiger partial charge >= 0.3 is 8.25 Å². The zero-order chi connectivity index (χ0) is 10.9. The van der Waals surface area contributed by atoms with Crippen molar-refractivity contribution >= 4 is 8.25 Å². The first-order chi connectivity index (χ1) is 6.43. The minimum absolute atomic E-state index is 0.248. The van der Waals surface area contributed by atoms with Crippen LogP contribution in [0, 0.1) is 0 Å². The van der Waals surface area contributed by atoms with Crippen molar-refractivity contribution in [2.45, 2.75) is 44.2 Å². The number of hydrogen-bond donors (Lipinski definition) is 4. The van der Waals surface area contributed by atoms with E-state index in [4.69, 9.17) is 4.89 Å². The lowest BCUT2D eigenvalue weighted by Gasteiger charge is -2.21. The molecule has 4 N–H and O–H groups in total. The fraction of sp³-hybridized carbons (Fsp3) is 1.00. The van der Waals surface area contributed by atoms with E-state index in [1.165, 1.54) is 0 Å². The highest BCUT2D eigenvalue weighted by molar-refractivity contribution is 7.32. The molecule has 1 rings (SSSR count). The second-order valence-electron chi connectivity index (χ2n) is 3.55. The maximum atomic E-state index is 10.4. The number of aliphatic hydroxyl groups is 2. The van der Waals surface area contributed by atoms with Gasteiger partial charge in [0.05, 0.1) is 24.4 Å². The Morgan fingerprint density at radius 1 is 1.43 bits per heavy atom. The summed E-state index contributed by atoms with van der Waals surface area (Å²) in [4.78, 5) is 8.55. The van der Waals surface area contributed by atoms with Crippen molar-refractivity contribution in [2.75, 3.05) is 0 Å². The number of aliphatic hydroxyl groups excluding tert-OH is 2. The minimum atomic E-state index is -3.01. The van der Waals surface area contributed by atoms with Gasteiger partial charge in [-0.3, -0.25) is 4.57 Å². The molecule has 1 saturated heterocycles. The summed E-state index contributed by atoms with van der Waals surface area (Å²) >= 11 is 0. The maximum absolute atomic E-state index is 10.4. The van der Waals surface area contributed by atoms with Crippen molar-refractivity contribution in [1.82, 2.24) is 5.32 Å². The molecule has 84 valence electrons. The molecule has 0 aromatic carbocycles. The van der Waals surface area contributed by atoms with Crippen molar-refractivity contribution < 1.29 is 24.2 Å². The summed E-state index contributed by atoms with van der Waals surface area (Å²) in [6.45, 7) is 3.30. The predicted octanol–water partition coefficient (Wildman–Crippen LogP) is -1.14. The zero-order valence-electron chi connectivity index (χ0n) is 8.04. The average Bonchev–Trinajstić information content (AvgIpc) is 2.32. The topological polar surface area (TPSA) is 99.0 Å². The molecule has 1 heterocycles. The third-order valence-electron chi connectivity index (χ3n) is 2.48. The van der Waals surface area contributed by atoms with E-state index < -0.39 is 32.6 Å². The van der Waals surface area contributed by atoms with Crippen LogP contribution in [0.15, 0.2) is 0 Å². The van der Waals surface area contributed by atoms with Crippen LogP contribution in [0.2, 0.25) is 0 Å². The Bertz CT molecular complexity index is 226. The van der Waals surface area contributed by atoms with E-state index in [-0.39, 0.29) is 6.04 Å². The Morgan fingerprint density at radius 3 is 2.36 bits per heavy atom. The van der Waals surface area contributed by atoms with E-state index in [9.17, 15) is 14.8 Å². The van der Waals surface area contributed by atoms with Crippen LogP contribution in [-0.2, 0) is 9.09 Å². The van der Waals surface area contributed by atoms with Gasteiger partial charge in [-0.1, -0.05) is 0 Å². The van der Waals surface area contributed by atoms with Gasteiger partial charge in [0.15, 0.2) is 0 Å². The van der Waals surface area contributed by atoms with Gasteiger partial charge in [0.2, 0.25) is 0 Å². The molecule has 0 aliphatic carbocycles. The molecule has 0 amide bonds. The van der Waals surface area contributed by atoms with Crippen molar-refractivity contribution in [3.63, 3.8) is 0 Å². The molecule has 0 saturated carbocycles. The molecular formula is C7H16NO5P. The predicted molar refractivity (Wildman–Crippen MR) is 50.2 cm³/mol. The van der Waals surface area contributed by atoms with Crippen molar-refractivity contribution in [2.24, 2.45) is 0 Å². The fourth-order valence-corrected chi connectivity index (χ4v) is 2.12. The summed E-state index contributed by atoms with van der Waals surface area (Å²) in [6.07, 6.45) is -2.45. The summed E-state index contributed by atoms with van der Waals surface area (Å²) in [5.74, 6) is 0. The smallest absolute Gasteiger partial charge is 0.316 e. The maximum Gasteiger partial charge on any atom is 0.316 e. The highest BCUT2D eigenvalue weighted by atomic mass is 31.1. The molecular weight excluding hydrogens is 209 g/mol. The zero-order valence-corrected chi connectivity index (χ0v) is 9.04. The van der Waals surface area contributed by atoms with Gasteiger partial charge in [-0.15, -0.1) is 0 Å². The van der Waals surface area contributed by atoms with E-state index in [0.717, 1.165) is 0 Å². The molecule has 1 aliphatic heterocycles. The van der Waals surface area contributed by atoms with Gasteiger partial charge in [0.25, 0.3) is 0 Å². The van der Waals surface area contributed by atoms with E-state index in [0.29, 0.717) is 0 Å². The Morgan fingerprint density at radius 2 is 2.00 bits per heavy atom. The highest BCUT2D eigenvalue weighted by Gasteiger charge is 2.41. The average molecular weight is 225 g/mol. The van der Waals surface area contributed by atoms with Crippen molar-refractivity contribution in [3.05, 3.63) is 0 Å². The van der Waals surface area contributed by atoms with Gasteiger partial charge in [-0.05, 0) is 13.8 Å². The van der Waals surface area contributed by atoms with E-state index in [2.05, 4.69) is 9.84 Å². The van der Waals surface area contributed by atoms with Gasteiger partial charge in [0, 0.05) is 6.04 Å². The third kappa shape index (κ3) is 2.53. The molecule has 7 heteroatoms. The molecule has 0 aromatic rings. The lowest BCUT2D eigenvalue weighted by molar-refractivity contribution is 0.0106. The van der Waals surface area contributed by atoms with Crippen LogP contribution in [0.4, 0.5) is 0 Å². The van der Waals surface area contributed by atoms with Crippen LogP contribution >= 0.6 is 8.25 Å². The number of hydrogen-bond acceptors (Lipinski definition) is 5. The molecule has 0 aromatic heterocycles. The highest BCUT2D eigenvalue weighted by Crippen LogP contribution is 2.25. The normalized spacial score (nSPS) is 42.4. The van der Waals surface area contributed by atoms with Crippen molar-refractivity contribution in [3.8, 4) is 0 Å². The SMILES string of the molecule is CC(O[PH](=O)O)[C@H]1N[C@@H](C)[C@H](O)[C@@H]1O. The Balaban J connectivity index is 2.57. The van der Waals surface area contributed by atoms with Gasteiger partial charge in [-0.2, -0.15) is 0 Å². The lowest BCUT2D eigenvalue weighted by Crippen LogP contribution is -2.42. The van der Waals surface area contributed by atoms with Crippen LogP contribution in [0.3, 0.4) is 0 Å². The van der Waals surface area contributed by atoms with Gasteiger partial charge in [0.1, 0.15) is 0 Å². The summed E-state index contributed by atoms with van der Waals surface area (Å²) in [5, 5.41) is 21.9. The van der Waals surface area contributed by atoms with Crippen molar-refractivity contribution in [1.29, 1.82) is 0 Å². The first kappa shape index (κ1) is 12.1. The summed E-state index contributed by atoms with van der Waals surface area (Å²) in [6, 6.07) is -0.761. The van der Waals surface area contributed by atoms with Crippen LogP contribution in [0.25, 0.3) is 0 Å². The molecule has 0 radical (unpaired) electrons. The molecule has 14 heavy (non-hydrogen) atoms. The molecule has 1 fully saturated rings. The van der Waals surface area contributed by atoms with Crippen LogP contribution < -0.4 is 5.32 Å².